The number of hydrogen-bond acceptors (Lipinski definition) is 3. The van der Waals surface area contributed by atoms with Gasteiger partial charge in [0.1, 0.15) is 11.3 Å². The summed E-state index contributed by atoms with van der Waals surface area (Å²) in [6.07, 6.45) is 0.218. The zero-order valence-corrected chi connectivity index (χ0v) is 11.5. The number of fused-ring (bicyclic) bond motifs is 2. The quantitative estimate of drug-likeness (QED) is 0.439. The second kappa shape index (κ2) is 4.27. The fourth-order valence-electron chi connectivity index (χ4n) is 3.12. The van der Waals surface area contributed by atoms with E-state index in [0.29, 0.717) is 19.4 Å². The van der Waals surface area contributed by atoms with Crippen LogP contribution in [0.15, 0.2) is 5.11 Å². The molecule has 0 radical (unpaired) electrons. The van der Waals surface area contributed by atoms with E-state index >= 15 is 0 Å². The van der Waals surface area contributed by atoms with E-state index in [9.17, 15) is 9.18 Å². The Morgan fingerprint density at radius 3 is 2.63 bits per heavy atom. The second-order valence-corrected chi connectivity index (χ2v) is 6.73. The molecule has 0 N–H and O–H groups in total. The SMILES string of the molecule is CC(C)(C)OC(=O)N1CC2(F)CC(CN=[N+]=[N-])(C1)C2. The summed E-state index contributed by atoms with van der Waals surface area (Å²) in [6.45, 7) is 6.02. The van der Waals surface area contributed by atoms with E-state index in [-0.39, 0.29) is 13.1 Å². The van der Waals surface area contributed by atoms with Gasteiger partial charge in [-0.25, -0.2) is 9.18 Å². The summed E-state index contributed by atoms with van der Waals surface area (Å²) in [4.78, 5) is 16.1. The molecule has 2 aliphatic heterocycles. The van der Waals surface area contributed by atoms with Crippen LogP contribution in [0.2, 0.25) is 0 Å². The van der Waals surface area contributed by atoms with Crippen molar-refractivity contribution >= 4 is 6.09 Å². The van der Waals surface area contributed by atoms with Crippen molar-refractivity contribution in [2.45, 2.75) is 44.9 Å². The van der Waals surface area contributed by atoms with Crippen molar-refractivity contribution < 1.29 is 13.9 Å². The first-order valence-electron chi connectivity index (χ1n) is 6.35. The van der Waals surface area contributed by atoms with Gasteiger partial charge in [-0.3, -0.25) is 0 Å². The summed E-state index contributed by atoms with van der Waals surface area (Å²) in [5, 5.41) is 3.54. The van der Waals surface area contributed by atoms with Crippen LogP contribution in [-0.4, -0.2) is 41.9 Å². The number of piperidine rings is 2. The Bertz CT molecular complexity index is 434. The molecular weight excluding hydrogens is 251 g/mol. The van der Waals surface area contributed by atoms with E-state index in [1.165, 1.54) is 4.90 Å². The van der Waals surface area contributed by atoms with Gasteiger partial charge in [0.25, 0.3) is 0 Å². The van der Waals surface area contributed by atoms with Crippen molar-refractivity contribution in [3.8, 4) is 0 Å². The van der Waals surface area contributed by atoms with Gasteiger partial charge < -0.3 is 9.64 Å². The van der Waals surface area contributed by atoms with Crippen LogP contribution in [0.4, 0.5) is 9.18 Å². The molecule has 1 amide bonds. The lowest BCUT2D eigenvalue weighted by molar-refractivity contribution is -0.140. The van der Waals surface area contributed by atoms with Crippen LogP contribution in [0, 0.1) is 5.41 Å². The molecule has 6 nitrogen and oxygen atoms in total. The van der Waals surface area contributed by atoms with Crippen molar-refractivity contribution in [1.29, 1.82) is 0 Å². The Morgan fingerprint density at radius 2 is 2.11 bits per heavy atom. The first-order valence-corrected chi connectivity index (χ1v) is 6.35. The number of rotatable bonds is 2. The third-order valence-corrected chi connectivity index (χ3v) is 3.51. The first-order chi connectivity index (χ1) is 8.67. The molecule has 0 spiro atoms. The first kappa shape index (κ1) is 13.9. The monoisotopic (exact) mass is 270 g/mol. The van der Waals surface area contributed by atoms with Crippen molar-refractivity contribution in [3.63, 3.8) is 0 Å². The normalized spacial score (nSPS) is 33.2. The third-order valence-electron chi connectivity index (χ3n) is 3.51. The van der Waals surface area contributed by atoms with Crippen molar-refractivity contribution in [2.24, 2.45) is 10.5 Å². The fraction of sp³-hybridized carbons (Fsp3) is 0.917. The molecule has 2 saturated heterocycles. The average molecular weight is 270 g/mol. The van der Waals surface area contributed by atoms with E-state index in [1.54, 1.807) is 20.8 Å². The number of azide groups is 1. The highest BCUT2D eigenvalue weighted by Gasteiger charge is 2.61. The molecule has 0 aromatic rings. The van der Waals surface area contributed by atoms with E-state index in [0.717, 1.165) is 0 Å². The molecule has 106 valence electrons. The van der Waals surface area contributed by atoms with E-state index in [4.69, 9.17) is 10.3 Å². The summed E-state index contributed by atoms with van der Waals surface area (Å²) in [5.74, 6) is 0. The van der Waals surface area contributed by atoms with E-state index < -0.39 is 22.8 Å². The van der Waals surface area contributed by atoms with Crippen LogP contribution in [0.25, 0.3) is 10.4 Å². The minimum absolute atomic E-state index is 0.0694. The summed E-state index contributed by atoms with van der Waals surface area (Å²) < 4.78 is 19.5. The molecule has 1 aliphatic carbocycles. The maximum atomic E-state index is 14.3. The van der Waals surface area contributed by atoms with E-state index in [1.807, 2.05) is 0 Å². The summed E-state index contributed by atoms with van der Waals surface area (Å²) in [5.41, 5.74) is 6.03. The molecule has 7 heteroatoms. The maximum Gasteiger partial charge on any atom is 0.410 e. The highest BCUT2D eigenvalue weighted by Crippen LogP contribution is 2.55. The molecule has 3 rings (SSSR count). The molecule has 2 heterocycles. The Hall–Kier alpha value is -1.49. The van der Waals surface area contributed by atoms with Crippen LogP contribution < -0.4 is 0 Å². The van der Waals surface area contributed by atoms with Crippen LogP contribution in [0.3, 0.4) is 0 Å². The van der Waals surface area contributed by atoms with Crippen LogP contribution in [0.5, 0.6) is 0 Å². The number of carbonyl (C=O) groups is 1. The minimum atomic E-state index is -1.35. The molecule has 19 heavy (non-hydrogen) atoms. The lowest BCUT2D eigenvalue weighted by Gasteiger charge is -2.59. The summed E-state index contributed by atoms with van der Waals surface area (Å²) >= 11 is 0. The standard InChI is InChI=1S/C12H19FN4O2/c1-10(2,3)19-9(18)17-7-11(6-15-16-14)4-12(13,5-11)8-17/h4-8H2,1-3H3. The zero-order valence-electron chi connectivity index (χ0n) is 11.5. The predicted molar refractivity (Wildman–Crippen MR) is 67.3 cm³/mol. The van der Waals surface area contributed by atoms with Gasteiger partial charge in [0.2, 0.25) is 0 Å². The molecule has 0 aromatic carbocycles. The number of hydrogen-bond donors (Lipinski definition) is 0. The Kier molecular flexibility index (Phi) is 3.13. The fourth-order valence-corrected chi connectivity index (χ4v) is 3.12. The lowest BCUT2D eigenvalue weighted by Crippen LogP contribution is -2.67. The van der Waals surface area contributed by atoms with Gasteiger partial charge in [-0.15, -0.1) is 0 Å². The Labute approximate surface area is 111 Å². The molecule has 1 saturated carbocycles. The molecule has 0 atom stereocenters. The largest absolute Gasteiger partial charge is 0.444 e. The van der Waals surface area contributed by atoms with Gasteiger partial charge in [-0.2, -0.15) is 0 Å². The lowest BCUT2D eigenvalue weighted by atomic mass is 9.57. The number of alkyl halides is 1. The van der Waals surface area contributed by atoms with Crippen molar-refractivity contribution in [3.05, 3.63) is 10.4 Å². The summed E-state index contributed by atoms with van der Waals surface area (Å²) in [7, 11) is 0. The van der Waals surface area contributed by atoms with Gasteiger partial charge in [-0.1, -0.05) is 5.11 Å². The van der Waals surface area contributed by atoms with Gasteiger partial charge in [0.15, 0.2) is 0 Å². The van der Waals surface area contributed by atoms with Gasteiger partial charge in [0, 0.05) is 18.0 Å². The van der Waals surface area contributed by atoms with Crippen molar-refractivity contribution in [1.82, 2.24) is 4.90 Å². The van der Waals surface area contributed by atoms with Gasteiger partial charge in [-0.05, 0) is 44.6 Å². The second-order valence-electron chi connectivity index (χ2n) is 6.73. The molecule has 0 unspecified atom stereocenters. The Morgan fingerprint density at radius 1 is 1.47 bits per heavy atom. The molecule has 2 bridgehead atoms. The highest BCUT2D eigenvalue weighted by atomic mass is 19.1. The highest BCUT2D eigenvalue weighted by molar-refractivity contribution is 5.69. The maximum absolute atomic E-state index is 14.3. The van der Waals surface area contributed by atoms with Crippen LogP contribution in [-0.2, 0) is 4.74 Å². The minimum Gasteiger partial charge on any atom is -0.444 e. The number of ether oxygens (including phenoxy) is 1. The van der Waals surface area contributed by atoms with Crippen LogP contribution in [0.1, 0.15) is 33.6 Å². The molecule has 0 aromatic heterocycles. The Balaban J connectivity index is 2.04. The number of halogens is 1. The number of carbonyl (C=O) groups excluding carboxylic acids is 1. The zero-order chi connectivity index (χ0) is 14.3. The number of amides is 1. The van der Waals surface area contributed by atoms with Gasteiger partial charge >= 0.3 is 6.09 Å². The molecule has 3 fully saturated rings. The predicted octanol–water partition coefficient (Wildman–Crippen LogP) is 3.04. The third kappa shape index (κ3) is 2.92. The topological polar surface area (TPSA) is 78.3 Å². The van der Waals surface area contributed by atoms with Crippen LogP contribution >= 0.6 is 0 Å². The van der Waals surface area contributed by atoms with Crippen molar-refractivity contribution in [2.75, 3.05) is 19.6 Å². The van der Waals surface area contributed by atoms with Gasteiger partial charge in [0.05, 0.1) is 6.54 Å². The summed E-state index contributed by atoms with van der Waals surface area (Å²) in [6, 6.07) is 0. The smallest absolute Gasteiger partial charge is 0.410 e. The molecular formula is C12H19FN4O2. The van der Waals surface area contributed by atoms with E-state index in [2.05, 4.69) is 10.0 Å². The molecule has 3 aliphatic rings. The average Bonchev–Trinajstić information content (AvgIpc) is 2.22. The number of nitrogens with zero attached hydrogens (tertiary/aromatic N) is 4.